The van der Waals surface area contributed by atoms with Crippen molar-refractivity contribution >= 4 is 34.4 Å². The molecule has 3 heterocycles. The Morgan fingerprint density at radius 3 is 2.47 bits per heavy atom. The third-order valence-corrected chi connectivity index (χ3v) is 5.07. The Balaban J connectivity index is 1.57. The fraction of sp³-hybridized carbons (Fsp3) is 0.190. The molecule has 2 aromatic heterocycles. The molecule has 1 aliphatic rings. The van der Waals surface area contributed by atoms with Crippen LogP contribution in [0.1, 0.15) is 12.5 Å². The van der Waals surface area contributed by atoms with Gasteiger partial charge in [0.25, 0.3) is 0 Å². The van der Waals surface area contributed by atoms with Gasteiger partial charge in [0.2, 0.25) is 11.9 Å². The van der Waals surface area contributed by atoms with Crippen molar-refractivity contribution in [3.63, 3.8) is 0 Å². The predicted octanol–water partition coefficient (Wildman–Crippen LogP) is 4.40. The van der Waals surface area contributed by atoms with Crippen molar-refractivity contribution in [2.75, 3.05) is 23.8 Å². The van der Waals surface area contributed by atoms with E-state index in [2.05, 4.69) is 25.6 Å². The zero-order chi connectivity index (χ0) is 22.2. The number of hydrogen-bond donors (Lipinski definition) is 3. The summed E-state index contributed by atoms with van der Waals surface area (Å²) in [5.41, 5.74) is 0.976. The molecule has 0 spiro atoms. The van der Waals surface area contributed by atoms with Gasteiger partial charge in [-0.25, -0.2) is 23.1 Å². The third kappa shape index (κ3) is 3.78. The van der Waals surface area contributed by atoms with Gasteiger partial charge in [-0.15, -0.1) is 0 Å². The smallest absolute Gasteiger partial charge is 0.229 e. The first kappa shape index (κ1) is 20.1. The Labute approximate surface area is 179 Å². The van der Waals surface area contributed by atoms with Gasteiger partial charge in [-0.3, -0.25) is 4.57 Å². The molecule has 0 saturated carbocycles. The maximum Gasteiger partial charge on any atom is 0.229 e. The number of phenolic OH excluding ortho intramolecular Hbond substituents is 1. The van der Waals surface area contributed by atoms with Crippen molar-refractivity contribution in [2.24, 2.45) is 0 Å². The Morgan fingerprint density at radius 2 is 1.78 bits per heavy atom. The van der Waals surface area contributed by atoms with Crippen molar-refractivity contribution in [1.82, 2.24) is 19.5 Å². The first-order valence-electron chi connectivity index (χ1n) is 9.78. The number of imidazole rings is 1. The van der Waals surface area contributed by atoms with Gasteiger partial charge in [0.05, 0.1) is 18.8 Å². The van der Waals surface area contributed by atoms with Crippen LogP contribution in [0.5, 0.6) is 5.75 Å². The zero-order valence-corrected chi connectivity index (χ0v) is 16.5. The van der Waals surface area contributed by atoms with Crippen molar-refractivity contribution in [1.29, 1.82) is 0 Å². The molecule has 0 bridgehead atoms. The van der Waals surface area contributed by atoms with E-state index in [1.54, 1.807) is 16.7 Å². The molecule has 32 heavy (non-hydrogen) atoms. The summed E-state index contributed by atoms with van der Waals surface area (Å²) in [5.74, 6) is -2.64. The lowest BCUT2D eigenvalue weighted by atomic mass is 10.2. The maximum atomic E-state index is 14.2. The SMILES string of the molecule is Oc1ccc(Nc2ncc3nc(Nc4c(F)cc(F)cc4F)n([C@H]4CCOC4)c3n2)cc1. The summed E-state index contributed by atoms with van der Waals surface area (Å²) in [7, 11) is 0. The highest BCUT2D eigenvalue weighted by Crippen LogP contribution is 2.32. The lowest BCUT2D eigenvalue weighted by molar-refractivity contribution is 0.187. The molecular formula is C21H17F3N6O2. The second kappa shape index (κ2) is 8.00. The van der Waals surface area contributed by atoms with Crippen molar-refractivity contribution in [3.8, 4) is 5.75 Å². The highest BCUT2D eigenvalue weighted by Gasteiger charge is 2.26. The van der Waals surface area contributed by atoms with E-state index >= 15 is 0 Å². The second-order valence-electron chi connectivity index (χ2n) is 7.27. The van der Waals surface area contributed by atoms with E-state index in [0.717, 1.165) is 0 Å². The van der Waals surface area contributed by atoms with Gasteiger partial charge < -0.3 is 20.5 Å². The normalized spacial score (nSPS) is 15.9. The number of fused-ring (bicyclic) bond motifs is 1. The molecule has 5 rings (SSSR count). The van der Waals surface area contributed by atoms with Gasteiger partial charge in [0.15, 0.2) is 17.3 Å². The number of anilines is 4. The average molecular weight is 442 g/mol. The van der Waals surface area contributed by atoms with E-state index in [1.165, 1.54) is 18.3 Å². The van der Waals surface area contributed by atoms with Crippen LogP contribution in [0.15, 0.2) is 42.6 Å². The molecule has 0 aliphatic carbocycles. The minimum atomic E-state index is -1.08. The van der Waals surface area contributed by atoms with Crippen LogP contribution < -0.4 is 10.6 Å². The fourth-order valence-corrected chi connectivity index (χ4v) is 3.56. The van der Waals surface area contributed by atoms with E-state index in [4.69, 9.17) is 4.74 Å². The van der Waals surface area contributed by atoms with E-state index in [-0.39, 0.29) is 23.7 Å². The number of nitrogens with one attached hydrogen (secondary N) is 2. The molecule has 4 aromatic rings. The lowest BCUT2D eigenvalue weighted by Gasteiger charge is -2.16. The number of rotatable bonds is 5. The van der Waals surface area contributed by atoms with Crippen molar-refractivity contribution in [2.45, 2.75) is 12.5 Å². The fourth-order valence-electron chi connectivity index (χ4n) is 3.56. The number of ether oxygens (including phenoxy) is 1. The molecule has 164 valence electrons. The average Bonchev–Trinajstić information content (AvgIpc) is 3.39. The summed E-state index contributed by atoms with van der Waals surface area (Å²) >= 11 is 0. The number of phenols is 1. The van der Waals surface area contributed by atoms with Crippen LogP contribution in [0.4, 0.5) is 36.4 Å². The molecular weight excluding hydrogens is 425 g/mol. The number of hydrogen-bond acceptors (Lipinski definition) is 7. The van der Waals surface area contributed by atoms with Gasteiger partial charge in [-0.05, 0) is 30.7 Å². The van der Waals surface area contributed by atoms with Gasteiger partial charge >= 0.3 is 0 Å². The molecule has 3 N–H and O–H groups in total. The Hall–Kier alpha value is -3.86. The summed E-state index contributed by atoms with van der Waals surface area (Å²) in [6, 6.07) is 7.39. The molecule has 2 aromatic carbocycles. The molecule has 1 saturated heterocycles. The maximum absolute atomic E-state index is 14.2. The molecule has 8 nitrogen and oxygen atoms in total. The number of aromatic nitrogens is 4. The quantitative estimate of drug-likeness (QED) is 0.394. The van der Waals surface area contributed by atoms with Gasteiger partial charge in [0.1, 0.15) is 22.8 Å². The van der Waals surface area contributed by atoms with E-state index < -0.39 is 23.1 Å². The van der Waals surface area contributed by atoms with Gasteiger partial charge in [-0.1, -0.05) is 0 Å². The summed E-state index contributed by atoms with van der Waals surface area (Å²) in [5, 5.41) is 15.1. The number of aromatic hydroxyl groups is 1. The van der Waals surface area contributed by atoms with E-state index in [0.29, 0.717) is 48.6 Å². The van der Waals surface area contributed by atoms with Gasteiger partial charge in [-0.2, -0.15) is 4.98 Å². The van der Waals surface area contributed by atoms with Crippen LogP contribution in [-0.2, 0) is 4.74 Å². The molecule has 0 unspecified atom stereocenters. The number of benzene rings is 2. The molecule has 0 amide bonds. The number of halogens is 3. The Kier molecular flexibility index (Phi) is 5.02. The first-order chi connectivity index (χ1) is 15.5. The van der Waals surface area contributed by atoms with Crippen LogP contribution in [0.25, 0.3) is 11.2 Å². The first-order valence-corrected chi connectivity index (χ1v) is 9.78. The Bertz CT molecular complexity index is 1270. The largest absolute Gasteiger partial charge is 0.508 e. The summed E-state index contributed by atoms with van der Waals surface area (Å²) < 4.78 is 49.0. The van der Waals surface area contributed by atoms with Gasteiger partial charge in [0, 0.05) is 24.4 Å². The standard InChI is InChI=1S/C21H17F3N6O2/c22-11-7-15(23)18(16(24)8-11)28-21-27-17-9-25-20(26-12-1-3-14(31)4-2-12)29-19(17)30(21)13-5-6-32-10-13/h1-4,7-9,13,31H,5-6,10H2,(H,27,28)(H,25,26,29)/t13-/m0/s1. The van der Waals surface area contributed by atoms with Crippen LogP contribution in [0, 0.1) is 17.5 Å². The monoisotopic (exact) mass is 442 g/mol. The summed E-state index contributed by atoms with van der Waals surface area (Å²) in [6.45, 7) is 0.895. The van der Waals surface area contributed by atoms with Crippen LogP contribution in [0.2, 0.25) is 0 Å². The van der Waals surface area contributed by atoms with Crippen LogP contribution in [0.3, 0.4) is 0 Å². The Morgan fingerprint density at radius 1 is 1.03 bits per heavy atom. The predicted molar refractivity (Wildman–Crippen MR) is 111 cm³/mol. The van der Waals surface area contributed by atoms with Crippen molar-refractivity contribution < 1.29 is 23.0 Å². The third-order valence-electron chi connectivity index (χ3n) is 5.07. The molecule has 0 radical (unpaired) electrons. The highest BCUT2D eigenvalue weighted by atomic mass is 19.1. The van der Waals surface area contributed by atoms with Crippen LogP contribution >= 0.6 is 0 Å². The van der Waals surface area contributed by atoms with E-state index in [9.17, 15) is 18.3 Å². The highest BCUT2D eigenvalue weighted by molar-refractivity contribution is 5.77. The molecule has 1 aliphatic heterocycles. The van der Waals surface area contributed by atoms with Crippen molar-refractivity contribution in [3.05, 3.63) is 60.0 Å². The molecule has 11 heteroatoms. The molecule has 1 atom stereocenters. The summed E-state index contributed by atoms with van der Waals surface area (Å²) in [4.78, 5) is 13.2. The number of nitrogens with zero attached hydrogens (tertiary/aromatic N) is 4. The minimum Gasteiger partial charge on any atom is -0.508 e. The topological polar surface area (TPSA) is 97.1 Å². The van der Waals surface area contributed by atoms with Crippen LogP contribution in [-0.4, -0.2) is 37.8 Å². The second-order valence-corrected chi connectivity index (χ2v) is 7.27. The lowest BCUT2D eigenvalue weighted by Crippen LogP contribution is -2.13. The summed E-state index contributed by atoms with van der Waals surface area (Å²) in [6.07, 6.45) is 2.14. The minimum absolute atomic E-state index is 0.127. The molecule has 1 fully saturated rings. The zero-order valence-electron chi connectivity index (χ0n) is 16.5. The van der Waals surface area contributed by atoms with E-state index in [1.807, 2.05) is 0 Å².